The monoisotopic (exact) mass is 427 g/mol. The number of methoxy groups -OCH3 is 2. The fourth-order valence-corrected chi connectivity index (χ4v) is 3.58. The highest BCUT2D eigenvalue weighted by Gasteiger charge is 2.20. The minimum absolute atomic E-state index is 0.0320. The van der Waals surface area contributed by atoms with Crippen molar-refractivity contribution in [2.45, 2.75) is 0 Å². The van der Waals surface area contributed by atoms with Crippen LogP contribution in [0.4, 0.5) is 5.69 Å². The van der Waals surface area contributed by atoms with Gasteiger partial charge in [-0.1, -0.05) is 24.3 Å². The first kappa shape index (κ1) is 19.4. The fourth-order valence-electron chi connectivity index (χ4n) is 3.58. The molecule has 0 aliphatic rings. The summed E-state index contributed by atoms with van der Waals surface area (Å²) in [5, 5.41) is 11.4. The minimum Gasteiger partial charge on any atom is -0.497 e. The van der Waals surface area contributed by atoms with Crippen LogP contribution in [0, 0.1) is 10.1 Å². The van der Waals surface area contributed by atoms with Crippen LogP contribution < -0.4 is 9.47 Å². The first-order valence-electron chi connectivity index (χ1n) is 9.71. The number of nitrogens with zero attached hydrogens (tertiary/aromatic N) is 5. The van der Waals surface area contributed by atoms with E-state index in [1.165, 1.54) is 12.1 Å². The molecular weight excluding hydrogens is 410 g/mol. The molecule has 0 amide bonds. The van der Waals surface area contributed by atoms with Crippen molar-refractivity contribution in [1.82, 2.24) is 19.5 Å². The van der Waals surface area contributed by atoms with Crippen molar-refractivity contribution in [1.29, 1.82) is 0 Å². The van der Waals surface area contributed by atoms with Gasteiger partial charge in [-0.05, 0) is 12.1 Å². The van der Waals surface area contributed by atoms with Gasteiger partial charge in [-0.25, -0.2) is 15.0 Å². The van der Waals surface area contributed by atoms with E-state index in [1.54, 1.807) is 37.0 Å². The number of para-hydroxylation sites is 2. The maximum Gasteiger partial charge on any atom is 0.270 e. The van der Waals surface area contributed by atoms with E-state index in [0.29, 0.717) is 50.9 Å². The summed E-state index contributed by atoms with van der Waals surface area (Å²) in [6.45, 7) is 0. The molecule has 3 aromatic carbocycles. The third kappa shape index (κ3) is 3.25. The fraction of sp³-hybridized carbons (Fsp3) is 0.0870. The third-order valence-corrected chi connectivity index (χ3v) is 5.08. The Bertz CT molecular complexity index is 1470. The SMILES string of the molecule is COc1cc(OC)cc(-n2c(-c3cccc([N+](=O)[O-])c3)nc3nc4ccccc4nc32)c1. The molecular formula is C23H17N5O4. The van der Waals surface area contributed by atoms with Gasteiger partial charge in [0.05, 0.1) is 35.9 Å². The second kappa shape index (κ2) is 7.62. The summed E-state index contributed by atoms with van der Waals surface area (Å²) < 4.78 is 12.7. The largest absolute Gasteiger partial charge is 0.497 e. The highest BCUT2D eigenvalue weighted by Crippen LogP contribution is 2.33. The molecule has 0 aliphatic heterocycles. The van der Waals surface area contributed by atoms with Gasteiger partial charge in [-0.3, -0.25) is 14.7 Å². The molecule has 0 fully saturated rings. The predicted molar refractivity (Wildman–Crippen MR) is 119 cm³/mol. The summed E-state index contributed by atoms with van der Waals surface area (Å²) in [5.74, 6) is 1.63. The Kier molecular flexibility index (Phi) is 4.63. The average molecular weight is 427 g/mol. The summed E-state index contributed by atoms with van der Waals surface area (Å²) in [4.78, 5) is 25.1. The van der Waals surface area contributed by atoms with E-state index in [4.69, 9.17) is 19.4 Å². The van der Waals surface area contributed by atoms with Crippen molar-refractivity contribution < 1.29 is 14.4 Å². The number of aromatic nitrogens is 4. The standard InChI is InChI=1S/C23H17N5O4/c1-31-17-11-16(12-18(13-17)32-2)27-22(14-6-5-7-15(10-14)28(29)30)26-21-23(27)25-20-9-4-3-8-19(20)24-21/h3-13H,1-2H3. The molecule has 0 spiro atoms. The number of fused-ring (bicyclic) bond motifs is 2. The van der Waals surface area contributed by atoms with Gasteiger partial charge in [-0.2, -0.15) is 0 Å². The van der Waals surface area contributed by atoms with Crippen LogP contribution in [0.5, 0.6) is 11.5 Å². The molecule has 0 atom stereocenters. The predicted octanol–water partition coefficient (Wildman–Crippen LogP) is 4.56. The van der Waals surface area contributed by atoms with Crippen LogP contribution >= 0.6 is 0 Å². The Morgan fingerprint density at radius 1 is 0.844 bits per heavy atom. The molecule has 0 aliphatic carbocycles. The molecule has 9 heteroatoms. The van der Waals surface area contributed by atoms with E-state index in [9.17, 15) is 10.1 Å². The van der Waals surface area contributed by atoms with Crippen LogP contribution in [0.2, 0.25) is 0 Å². The third-order valence-electron chi connectivity index (χ3n) is 5.08. The van der Waals surface area contributed by atoms with E-state index in [-0.39, 0.29) is 5.69 Å². The number of rotatable bonds is 5. The van der Waals surface area contributed by atoms with Crippen molar-refractivity contribution in [3.8, 4) is 28.6 Å². The lowest BCUT2D eigenvalue weighted by Crippen LogP contribution is -2.01. The quantitative estimate of drug-likeness (QED) is 0.299. The summed E-state index contributed by atoms with van der Waals surface area (Å²) in [5.41, 5.74) is 3.56. The minimum atomic E-state index is -0.435. The van der Waals surface area contributed by atoms with Gasteiger partial charge in [0.25, 0.3) is 5.69 Å². The molecule has 32 heavy (non-hydrogen) atoms. The zero-order valence-corrected chi connectivity index (χ0v) is 17.2. The number of benzene rings is 3. The molecule has 0 saturated heterocycles. The van der Waals surface area contributed by atoms with E-state index >= 15 is 0 Å². The molecule has 2 heterocycles. The Balaban J connectivity index is 1.87. The van der Waals surface area contributed by atoms with E-state index in [2.05, 4.69) is 4.98 Å². The number of nitro benzene ring substituents is 1. The first-order chi connectivity index (χ1) is 15.6. The van der Waals surface area contributed by atoms with Crippen molar-refractivity contribution in [3.63, 3.8) is 0 Å². The number of ether oxygens (including phenoxy) is 2. The maximum absolute atomic E-state index is 11.4. The molecule has 0 saturated carbocycles. The van der Waals surface area contributed by atoms with Crippen LogP contribution in [-0.2, 0) is 0 Å². The van der Waals surface area contributed by atoms with Gasteiger partial charge in [0.15, 0.2) is 11.3 Å². The van der Waals surface area contributed by atoms with Crippen LogP contribution in [0.3, 0.4) is 0 Å². The smallest absolute Gasteiger partial charge is 0.270 e. The molecule has 0 radical (unpaired) electrons. The Labute approximate surface area is 182 Å². The van der Waals surface area contributed by atoms with Crippen LogP contribution in [0.1, 0.15) is 0 Å². The van der Waals surface area contributed by atoms with Crippen LogP contribution in [-0.4, -0.2) is 38.7 Å². The summed E-state index contributed by atoms with van der Waals surface area (Å²) in [6.07, 6.45) is 0. The van der Waals surface area contributed by atoms with Crippen molar-refractivity contribution in [3.05, 3.63) is 76.8 Å². The van der Waals surface area contributed by atoms with Crippen LogP contribution in [0.15, 0.2) is 66.7 Å². The zero-order valence-electron chi connectivity index (χ0n) is 17.2. The van der Waals surface area contributed by atoms with Gasteiger partial charge in [0.1, 0.15) is 17.3 Å². The lowest BCUT2D eigenvalue weighted by molar-refractivity contribution is -0.384. The highest BCUT2D eigenvalue weighted by atomic mass is 16.6. The molecule has 9 nitrogen and oxygen atoms in total. The topological polar surface area (TPSA) is 105 Å². The Hall–Kier alpha value is -4.53. The molecule has 5 rings (SSSR count). The lowest BCUT2D eigenvalue weighted by atomic mass is 10.2. The van der Waals surface area contributed by atoms with Crippen molar-refractivity contribution >= 4 is 28.0 Å². The lowest BCUT2D eigenvalue weighted by Gasteiger charge is -2.12. The summed E-state index contributed by atoms with van der Waals surface area (Å²) >= 11 is 0. The first-order valence-corrected chi connectivity index (χ1v) is 9.71. The number of imidazole rings is 1. The summed E-state index contributed by atoms with van der Waals surface area (Å²) in [6, 6.07) is 19.2. The van der Waals surface area contributed by atoms with Gasteiger partial charge >= 0.3 is 0 Å². The molecule has 0 bridgehead atoms. The number of hydrogen-bond acceptors (Lipinski definition) is 7. The zero-order chi connectivity index (χ0) is 22.2. The van der Waals surface area contributed by atoms with Gasteiger partial charge in [-0.15, -0.1) is 0 Å². The highest BCUT2D eigenvalue weighted by molar-refractivity contribution is 5.86. The van der Waals surface area contributed by atoms with Gasteiger partial charge in [0.2, 0.25) is 0 Å². The molecule has 0 N–H and O–H groups in total. The average Bonchev–Trinajstić information content (AvgIpc) is 3.20. The van der Waals surface area contributed by atoms with Crippen molar-refractivity contribution in [2.75, 3.05) is 14.2 Å². The van der Waals surface area contributed by atoms with Crippen LogP contribution in [0.25, 0.3) is 39.4 Å². The normalized spacial score (nSPS) is 11.1. The Morgan fingerprint density at radius 2 is 1.53 bits per heavy atom. The van der Waals surface area contributed by atoms with Gasteiger partial charge in [0, 0.05) is 35.9 Å². The molecule has 5 aromatic rings. The number of hydrogen-bond donors (Lipinski definition) is 0. The summed E-state index contributed by atoms with van der Waals surface area (Å²) in [7, 11) is 3.14. The maximum atomic E-state index is 11.4. The van der Waals surface area contributed by atoms with Gasteiger partial charge < -0.3 is 9.47 Å². The van der Waals surface area contributed by atoms with E-state index in [0.717, 1.165) is 0 Å². The number of non-ortho nitro benzene ring substituents is 1. The second-order valence-electron chi connectivity index (χ2n) is 7.01. The molecule has 158 valence electrons. The second-order valence-corrected chi connectivity index (χ2v) is 7.01. The van der Waals surface area contributed by atoms with E-state index < -0.39 is 4.92 Å². The molecule has 0 unspecified atom stereocenters. The van der Waals surface area contributed by atoms with E-state index in [1.807, 2.05) is 36.4 Å². The molecule has 2 aromatic heterocycles. The Morgan fingerprint density at radius 3 is 2.19 bits per heavy atom. The van der Waals surface area contributed by atoms with Crippen molar-refractivity contribution in [2.24, 2.45) is 0 Å². The number of nitro groups is 1.